The summed E-state index contributed by atoms with van der Waals surface area (Å²) in [6.07, 6.45) is 1.76. The summed E-state index contributed by atoms with van der Waals surface area (Å²) in [4.78, 5) is 16.7. The molecule has 3 heterocycles. The highest BCUT2D eigenvalue weighted by Crippen LogP contribution is 2.33. The van der Waals surface area contributed by atoms with Gasteiger partial charge in [0, 0.05) is 26.2 Å². The molecule has 3 aliphatic heterocycles. The summed E-state index contributed by atoms with van der Waals surface area (Å²) in [5.41, 5.74) is 0.883. The van der Waals surface area contributed by atoms with Crippen LogP contribution in [0.1, 0.15) is 12.8 Å². The minimum Gasteiger partial charge on any atom is -0.476 e. The summed E-state index contributed by atoms with van der Waals surface area (Å²) in [6, 6.07) is 7.69. The van der Waals surface area contributed by atoms with Crippen molar-refractivity contribution in [2.24, 2.45) is 0 Å². The van der Waals surface area contributed by atoms with Gasteiger partial charge in [-0.05, 0) is 37.2 Å². The lowest BCUT2D eigenvalue weighted by molar-refractivity contribution is -0.142. The summed E-state index contributed by atoms with van der Waals surface area (Å²) in [5, 5.41) is 3.90. The lowest BCUT2D eigenvalue weighted by Crippen LogP contribution is -2.55. The Morgan fingerprint density at radius 1 is 1.22 bits per heavy atom. The SMILES string of the molecule is O=C([C@@H]1CN(C(=S)NC[C@H]2CCCO2)c2ccccc2O1)N1CCOCC1. The number of morpholine rings is 1. The number of fused-ring (bicyclic) bond motifs is 1. The van der Waals surface area contributed by atoms with Gasteiger partial charge in [-0.1, -0.05) is 12.1 Å². The van der Waals surface area contributed by atoms with Crippen LogP contribution in [-0.2, 0) is 14.3 Å². The third kappa shape index (κ3) is 4.17. The van der Waals surface area contributed by atoms with E-state index in [1.165, 1.54) is 0 Å². The van der Waals surface area contributed by atoms with Crippen LogP contribution in [0.5, 0.6) is 5.75 Å². The minimum atomic E-state index is -0.583. The molecule has 0 radical (unpaired) electrons. The fourth-order valence-corrected chi connectivity index (χ4v) is 3.90. The fraction of sp³-hybridized carbons (Fsp3) is 0.579. The molecule has 0 spiro atoms. The van der Waals surface area contributed by atoms with Crippen molar-refractivity contribution in [3.8, 4) is 5.75 Å². The molecule has 0 saturated carbocycles. The van der Waals surface area contributed by atoms with Gasteiger partial charge in [0.1, 0.15) is 5.75 Å². The lowest BCUT2D eigenvalue weighted by Gasteiger charge is -2.38. The van der Waals surface area contributed by atoms with Gasteiger partial charge >= 0.3 is 0 Å². The van der Waals surface area contributed by atoms with E-state index in [0.29, 0.717) is 50.3 Å². The maximum atomic E-state index is 12.9. The van der Waals surface area contributed by atoms with Crippen LogP contribution in [-0.4, -0.2) is 74.1 Å². The molecule has 27 heavy (non-hydrogen) atoms. The molecule has 4 rings (SSSR count). The summed E-state index contributed by atoms with van der Waals surface area (Å²) in [7, 11) is 0. The number of carbonyl (C=O) groups excluding carboxylic acids is 1. The first-order valence-corrected chi connectivity index (χ1v) is 9.92. The molecule has 1 amide bonds. The molecule has 1 N–H and O–H groups in total. The maximum Gasteiger partial charge on any atom is 0.265 e. The molecule has 2 fully saturated rings. The first-order chi connectivity index (χ1) is 13.2. The van der Waals surface area contributed by atoms with Crippen molar-refractivity contribution in [3.05, 3.63) is 24.3 Å². The van der Waals surface area contributed by atoms with Crippen molar-refractivity contribution < 1.29 is 19.0 Å². The number of benzene rings is 1. The molecule has 0 bridgehead atoms. The Morgan fingerprint density at radius 3 is 2.81 bits per heavy atom. The second-order valence-corrected chi connectivity index (χ2v) is 7.33. The zero-order valence-electron chi connectivity index (χ0n) is 15.3. The number of anilines is 1. The topological polar surface area (TPSA) is 63.3 Å². The van der Waals surface area contributed by atoms with Gasteiger partial charge in [0.05, 0.1) is 31.5 Å². The van der Waals surface area contributed by atoms with Crippen molar-refractivity contribution in [2.75, 3.05) is 50.9 Å². The van der Waals surface area contributed by atoms with E-state index in [1.807, 2.05) is 34.1 Å². The molecule has 2 atom stereocenters. The van der Waals surface area contributed by atoms with Gasteiger partial charge in [-0.15, -0.1) is 0 Å². The number of amides is 1. The number of thiocarbonyl (C=S) groups is 1. The van der Waals surface area contributed by atoms with Gasteiger partial charge in [0.15, 0.2) is 11.2 Å². The monoisotopic (exact) mass is 391 g/mol. The molecular weight excluding hydrogens is 366 g/mol. The fourth-order valence-electron chi connectivity index (χ4n) is 3.64. The average Bonchev–Trinajstić information content (AvgIpc) is 3.25. The van der Waals surface area contributed by atoms with E-state index in [1.54, 1.807) is 0 Å². The van der Waals surface area contributed by atoms with Gasteiger partial charge in [0.25, 0.3) is 5.91 Å². The molecule has 1 aromatic carbocycles. The Morgan fingerprint density at radius 2 is 2.04 bits per heavy atom. The summed E-state index contributed by atoms with van der Waals surface area (Å²) in [5.74, 6) is 0.663. The van der Waals surface area contributed by atoms with Crippen LogP contribution in [0.2, 0.25) is 0 Å². The Balaban J connectivity index is 1.47. The predicted octanol–water partition coefficient (Wildman–Crippen LogP) is 1.17. The first kappa shape index (κ1) is 18.5. The molecule has 0 aliphatic carbocycles. The normalized spacial score (nSPS) is 24.9. The van der Waals surface area contributed by atoms with E-state index in [0.717, 1.165) is 25.1 Å². The van der Waals surface area contributed by atoms with Gasteiger partial charge in [-0.3, -0.25) is 4.79 Å². The lowest BCUT2D eigenvalue weighted by atomic mass is 10.1. The third-order valence-electron chi connectivity index (χ3n) is 5.12. The molecule has 1 aromatic rings. The third-order valence-corrected chi connectivity index (χ3v) is 5.49. The largest absolute Gasteiger partial charge is 0.476 e. The zero-order chi connectivity index (χ0) is 18.6. The van der Waals surface area contributed by atoms with E-state index in [4.69, 9.17) is 26.4 Å². The van der Waals surface area contributed by atoms with Crippen LogP contribution in [0.25, 0.3) is 0 Å². The summed E-state index contributed by atoms with van der Waals surface area (Å²) in [6.45, 7) is 4.23. The van der Waals surface area contributed by atoms with Crippen LogP contribution in [0.4, 0.5) is 5.69 Å². The second-order valence-electron chi connectivity index (χ2n) is 6.94. The van der Waals surface area contributed by atoms with E-state index in [2.05, 4.69) is 5.32 Å². The van der Waals surface area contributed by atoms with Crippen LogP contribution in [0.15, 0.2) is 24.3 Å². The molecule has 7 nitrogen and oxygen atoms in total. The number of nitrogens with zero attached hydrogens (tertiary/aromatic N) is 2. The van der Waals surface area contributed by atoms with Crippen molar-refractivity contribution in [2.45, 2.75) is 25.0 Å². The van der Waals surface area contributed by atoms with E-state index in [9.17, 15) is 4.79 Å². The van der Waals surface area contributed by atoms with Crippen LogP contribution in [0, 0.1) is 0 Å². The van der Waals surface area contributed by atoms with Crippen molar-refractivity contribution in [3.63, 3.8) is 0 Å². The molecule has 8 heteroatoms. The molecule has 146 valence electrons. The van der Waals surface area contributed by atoms with Crippen LogP contribution in [0.3, 0.4) is 0 Å². The Hall–Kier alpha value is -1.90. The second kappa shape index (κ2) is 8.41. The average molecular weight is 391 g/mol. The molecular formula is C19H25N3O4S. The number of rotatable bonds is 3. The molecule has 0 unspecified atom stereocenters. The molecule has 3 aliphatic rings. The smallest absolute Gasteiger partial charge is 0.265 e. The maximum absolute atomic E-state index is 12.9. The Bertz CT molecular complexity index is 689. The predicted molar refractivity (Wildman–Crippen MR) is 105 cm³/mol. The number of carbonyl (C=O) groups is 1. The van der Waals surface area contributed by atoms with Gasteiger partial charge in [0.2, 0.25) is 0 Å². The van der Waals surface area contributed by atoms with Crippen molar-refractivity contribution in [1.82, 2.24) is 10.2 Å². The highest BCUT2D eigenvalue weighted by atomic mass is 32.1. The van der Waals surface area contributed by atoms with Crippen LogP contribution >= 0.6 is 12.2 Å². The summed E-state index contributed by atoms with van der Waals surface area (Å²) >= 11 is 5.64. The van der Waals surface area contributed by atoms with E-state index in [-0.39, 0.29) is 12.0 Å². The first-order valence-electron chi connectivity index (χ1n) is 9.51. The number of nitrogens with one attached hydrogen (secondary N) is 1. The minimum absolute atomic E-state index is 0.0141. The summed E-state index contributed by atoms with van der Waals surface area (Å²) < 4.78 is 17.0. The standard InChI is InChI=1S/C19H25N3O4S/c23-18(21-7-10-24-11-8-21)17-13-22(15-5-1-2-6-16(15)26-17)19(27)20-12-14-4-3-9-25-14/h1-2,5-6,14,17H,3-4,7-13H2,(H,20,27)/t14-,17+/m1/s1. The van der Waals surface area contributed by atoms with Crippen molar-refractivity contribution >= 4 is 28.9 Å². The molecule has 0 aromatic heterocycles. The highest BCUT2D eigenvalue weighted by Gasteiger charge is 2.35. The number of hydrogen-bond acceptors (Lipinski definition) is 5. The van der Waals surface area contributed by atoms with E-state index >= 15 is 0 Å². The van der Waals surface area contributed by atoms with Gasteiger partial charge in [-0.25, -0.2) is 0 Å². The number of hydrogen-bond donors (Lipinski definition) is 1. The Kier molecular flexibility index (Phi) is 5.75. The highest BCUT2D eigenvalue weighted by molar-refractivity contribution is 7.80. The quantitative estimate of drug-likeness (QED) is 0.776. The number of ether oxygens (including phenoxy) is 3. The van der Waals surface area contributed by atoms with Gasteiger partial charge in [-0.2, -0.15) is 0 Å². The van der Waals surface area contributed by atoms with Crippen molar-refractivity contribution in [1.29, 1.82) is 0 Å². The Labute approximate surface area is 164 Å². The number of para-hydroxylation sites is 2. The van der Waals surface area contributed by atoms with Gasteiger partial charge < -0.3 is 29.3 Å². The van der Waals surface area contributed by atoms with E-state index < -0.39 is 6.10 Å². The zero-order valence-corrected chi connectivity index (χ0v) is 16.1. The molecule has 2 saturated heterocycles. The van der Waals surface area contributed by atoms with Crippen LogP contribution < -0.4 is 15.0 Å².